The summed E-state index contributed by atoms with van der Waals surface area (Å²) >= 11 is 1.40. The Morgan fingerprint density at radius 1 is 1.75 bits per heavy atom. The molecule has 1 aliphatic carbocycles. The van der Waals surface area contributed by atoms with Crippen LogP contribution in [-0.2, 0) is 0 Å². The summed E-state index contributed by atoms with van der Waals surface area (Å²) < 4.78 is 0. The van der Waals surface area contributed by atoms with Crippen molar-refractivity contribution in [1.82, 2.24) is 9.88 Å². The van der Waals surface area contributed by atoms with Crippen molar-refractivity contribution in [2.45, 2.75) is 31.8 Å². The van der Waals surface area contributed by atoms with Crippen LogP contribution in [-0.4, -0.2) is 40.6 Å². The molecule has 1 aromatic heterocycles. The number of likely N-dealkylation sites (N-methyl/N-ethyl adjacent to an activating group) is 1. The third-order valence-electron chi connectivity index (χ3n) is 2.64. The van der Waals surface area contributed by atoms with Gasteiger partial charge in [0.2, 0.25) is 0 Å². The van der Waals surface area contributed by atoms with Crippen LogP contribution in [0, 0.1) is 0 Å². The van der Waals surface area contributed by atoms with E-state index < -0.39 is 6.10 Å². The molecule has 1 heterocycles. The van der Waals surface area contributed by atoms with Gasteiger partial charge >= 0.3 is 0 Å². The Balaban J connectivity index is 2.10. The molecule has 0 aromatic carbocycles. The van der Waals surface area contributed by atoms with Gasteiger partial charge in [-0.15, -0.1) is 11.3 Å². The predicted octanol–water partition coefficient (Wildman–Crippen LogP) is 1.47. The molecule has 1 aliphatic rings. The van der Waals surface area contributed by atoms with Crippen molar-refractivity contribution in [3.05, 3.63) is 16.1 Å². The van der Waals surface area contributed by atoms with E-state index in [1.54, 1.807) is 24.4 Å². The lowest BCUT2D eigenvalue weighted by Crippen LogP contribution is -2.33. The van der Waals surface area contributed by atoms with E-state index >= 15 is 0 Å². The number of aliphatic hydroxyl groups is 1. The first-order valence-electron chi connectivity index (χ1n) is 5.46. The SMILES string of the molecule is CC(O)CN(C)C(=O)c1scnc1C1CC1. The highest BCUT2D eigenvalue weighted by atomic mass is 32.1. The van der Waals surface area contributed by atoms with Crippen LogP contribution in [0.5, 0.6) is 0 Å². The van der Waals surface area contributed by atoms with E-state index in [1.807, 2.05) is 0 Å². The van der Waals surface area contributed by atoms with Gasteiger partial charge in [-0.3, -0.25) is 4.79 Å². The Labute approximate surface area is 98.9 Å². The first-order chi connectivity index (χ1) is 7.59. The number of hydrogen-bond donors (Lipinski definition) is 1. The minimum Gasteiger partial charge on any atom is -0.392 e. The second-order valence-electron chi connectivity index (χ2n) is 4.38. The lowest BCUT2D eigenvalue weighted by molar-refractivity contribution is 0.0707. The number of aliphatic hydroxyl groups excluding tert-OH is 1. The molecule has 0 aliphatic heterocycles. The molecule has 1 amide bonds. The first kappa shape index (κ1) is 11.5. The third kappa shape index (κ3) is 2.41. The Morgan fingerprint density at radius 2 is 2.44 bits per heavy atom. The van der Waals surface area contributed by atoms with E-state index in [4.69, 9.17) is 0 Å². The fraction of sp³-hybridized carbons (Fsp3) is 0.636. The highest BCUT2D eigenvalue weighted by molar-refractivity contribution is 7.11. The van der Waals surface area contributed by atoms with Crippen LogP contribution in [0.25, 0.3) is 0 Å². The summed E-state index contributed by atoms with van der Waals surface area (Å²) in [4.78, 5) is 18.6. The average Bonchev–Trinajstić information content (AvgIpc) is 2.94. The minimum atomic E-state index is -0.494. The lowest BCUT2D eigenvalue weighted by atomic mass is 10.2. The fourth-order valence-electron chi connectivity index (χ4n) is 1.71. The van der Waals surface area contributed by atoms with Crippen molar-refractivity contribution in [2.24, 2.45) is 0 Å². The topological polar surface area (TPSA) is 53.4 Å². The van der Waals surface area contributed by atoms with Gasteiger partial charge < -0.3 is 10.0 Å². The standard InChI is InChI=1S/C11H16N2O2S/c1-7(14)5-13(2)11(15)10-9(8-3-4-8)12-6-16-10/h6-8,14H,3-5H2,1-2H3. The highest BCUT2D eigenvalue weighted by Crippen LogP contribution is 2.41. The van der Waals surface area contributed by atoms with Gasteiger partial charge in [0.05, 0.1) is 17.3 Å². The van der Waals surface area contributed by atoms with Crippen LogP contribution in [0.15, 0.2) is 5.51 Å². The Morgan fingerprint density at radius 3 is 3.00 bits per heavy atom. The summed E-state index contributed by atoms with van der Waals surface area (Å²) in [5, 5.41) is 9.25. The number of rotatable bonds is 4. The van der Waals surface area contributed by atoms with Crippen LogP contribution in [0.3, 0.4) is 0 Å². The van der Waals surface area contributed by atoms with Crippen molar-refractivity contribution in [3.8, 4) is 0 Å². The maximum Gasteiger partial charge on any atom is 0.265 e. The van der Waals surface area contributed by atoms with Crippen LogP contribution < -0.4 is 0 Å². The number of thiazole rings is 1. The highest BCUT2D eigenvalue weighted by Gasteiger charge is 2.31. The molecule has 5 heteroatoms. The van der Waals surface area contributed by atoms with E-state index in [2.05, 4.69) is 4.98 Å². The number of nitrogens with zero attached hydrogens (tertiary/aromatic N) is 2. The van der Waals surface area contributed by atoms with Gasteiger partial charge in [-0.25, -0.2) is 4.98 Å². The van der Waals surface area contributed by atoms with Gasteiger partial charge in [0.15, 0.2) is 0 Å². The monoisotopic (exact) mass is 240 g/mol. The average molecular weight is 240 g/mol. The van der Waals surface area contributed by atoms with Crippen molar-refractivity contribution in [1.29, 1.82) is 0 Å². The number of amides is 1. The Bertz CT molecular complexity index is 385. The summed E-state index contributed by atoms with van der Waals surface area (Å²) in [6.07, 6.45) is 1.79. The molecule has 1 atom stereocenters. The molecule has 16 heavy (non-hydrogen) atoms. The third-order valence-corrected chi connectivity index (χ3v) is 3.47. The molecule has 1 aromatic rings. The van der Waals surface area contributed by atoms with Gasteiger partial charge in [0.1, 0.15) is 4.88 Å². The molecule has 88 valence electrons. The summed E-state index contributed by atoms with van der Waals surface area (Å²) in [6.45, 7) is 2.04. The zero-order chi connectivity index (χ0) is 11.7. The zero-order valence-electron chi connectivity index (χ0n) is 9.51. The number of hydrogen-bond acceptors (Lipinski definition) is 4. The summed E-state index contributed by atoms with van der Waals surface area (Å²) in [7, 11) is 1.71. The molecular weight excluding hydrogens is 224 g/mol. The van der Waals surface area contributed by atoms with Crippen molar-refractivity contribution in [2.75, 3.05) is 13.6 Å². The lowest BCUT2D eigenvalue weighted by Gasteiger charge is -2.18. The maximum absolute atomic E-state index is 12.1. The predicted molar refractivity (Wildman–Crippen MR) is 62.7 cm³/mol. The molecule has 2 rings (SSSR count). The van der Waals surface area contributed by atoms with Gasteiger partial charge in [-0.05, 0) is 19.8 Å². The van der Waals surface area contributed by atoms with Gasteiger partial charge in [-0.1, -0.05) is 0 Å². The fourth-order valence-corrected chi connectivity index (χ4v) is 2.58. The minimum absolute atomic E-state index is 0.0229. The van der Waals surface area contributed by atoms with Gasteiger partial charge in [0, 0.05) is 19.5 Å². The summed E-state index contributed by atoms with van der Waals surface area (Å²) in [6, 6.07) is 0. The summed E-state index contributed by atoms with van der Waals surface area (Å²) in [5.41, 5.74) is 2.68. The first-order valence-corrected chi connectivity index (χ1v) is 6.34. The maximum atomic E-state index is 12.1. The van der Waals surface area contributed by atoms with Crippen LogP contribution >= 0.6 is 11.3 Å². The number of aromatic nitrogens is 1. The molecule has 0 radical (unpaired) electrons. The Kier molecular flexibility index (Phi) is 3.25. The number of carbonyl (C=O) groups is 1. The van der Waals surface area contributed by atoms with Crippen LogP contribution in [0.1, 0.15) is 41.0 Å². The van der Waals surface area contributed by atoms with Crippen LogP contribution in [0.2, 0.25) is 0 Å². The van der Waals surface area contributed by atoms with E-state index in [-0.39, 0.29) is 5.91 Å². The molecule has 0 spiro atoms. The van der Waals surface area contributed by atoms with E-state index in [0.29, 0.717) is 12.5 Å². The summed E-state index contributed by atoms with van der Waals surface area (Å²) in [5.74, 6) is 0.468. The van der Waals surface area contributed by atoms with E-state index in [0.717, 1.165) is 23.4 Å². The van der Waals surface area contributed by atoms with Crippen molar-refractivity contribution >= 4 is 17.2 Å². The van der Waals surface area contributed by atoms with Gasteiger partial charge in [-0.2, -0.15) is 0 Å². The second-order valence-corrected chi connectivity index (χ2v) is 5.23. The smallest absolute Gasteiger partial charge is 0.265 e. The molecular formula is C11H16N2O2S. The van der Waals surface area contributed by atoms with E-state index in [1.165, 1.54) is 11.3 Å². The molecule has 1 saturated carbocycles. The molecule has 0 saturated heterocycles. The van der Waals surface area contributed by atoms with Crippen LogP contribution in [0.4, 0.5) is 0 Å². The molecule has 4 nitrogen and oxygen atoms in total. The zero-order valence-corrected chi connectivity index (χ0v) is 10.3. The second kappa shape index (κ2) is 4.51. The number of carbonyl (C=O) groups excluding carboxylic acids is 1. The molecule has 0 bridgehead atoms. The molecule has 1 N–H and O–H groups in total. The van der Waals surface area contributed by atoms with E-state index in [9.17, 15) is 9.90 Å². The quantitative estimate of drug-likeness (QED) is 0.867. The largest absolute Gasteiger partial charge is 0.392 e. The normalized spacial score (nSPS) is 17.2. The van der Waals surface area contributed by atoms with Gasteiger partial charge in [0.25, 0.3) is 5.91 Å². The molecule has 1 fully saturated rings. The van der Waals surface area contributed by atoms with Crippen molar-refractivity contribution in [3.63, 3.8) is 0 Å². The Hall–Kier alpha value is -0.940. The van der Waals surface area contributed by atoms with Crippen molar-refractivity contribution < 1.29 is 9.90 Å². The molecule has 1 unspecified atom stereocenters.